The van der Waals surface area contributed by atoms with E-state index in [1.807, 2.05) is 0 Å². The molecular weight excluding hydrogens is 300 g/mol. The minimum atomic E-state index is -2.84. The summed E-state index contributed by atoms with van der Waals surface area (Å²) in [6.07, 6.45) is -0.504. The van der Waals surface area contributed by atoms with Gasteiger partial charge in [0.1, 0.15) is 0 Å². The Morgan fingerprint density at radius 2 is 2.24 bits per heavy atom. The molecule has 2 aliphatic rings. The number of rotatable bonds is 2. The van der Waals surface area contributed by atoms with Crippen molar-refractivity contribution in [2.24, 2.45) is 0 Å². The van der Waals surface area contributed by atoms with E-state index in [0.717, 1.165) is 4.90 Å². The van der Waals surface area contributed by atoms with Crippen molar-refractivity contribution in [3.63, 3.8) is 0 Å². The molecule has 0 radical (unpaired) electrons. The summed E-state index contributed by atoms with van der Waals surface area (Å²) in [5, 5.41) is 7.80. The van der Waals surface area contributed by atoms with E-state index in [9.17, 15) is 18.4 Å². The molecule has 3 rings (SSSR count). The van der Waals surface area contributed by atoms with Crippen molar-refractivity contribution in [1.29, 1.82) is 0 Å². The number of nitrogens with one attached hydrogen (secondary N) is 3. The van der Waals surface area contributed by atoms with E-state index in [4.69, 9.17) is 0 Å². The molecule has 1 saturated heterocycles. The van der Waals surface area contributed by atoms with E-state index in [-0.39, 0.29) is 5.91 Å². The van der Waals surface area contributed by atoms with E-state index in [0.29, 0.717) is 17.1 Å². The molecular formula is C13H13F2N3O2S. The molecule has 21 heavy (non-hydrogen) atoms. The smallest absolute Gasteiger partial charge is 0.262 e. The molecule has 5 nitrogen and oxygen atoms in total. The second kappa shape index (κ2) is 5.27. The topological polar surface area (TPSA) is 70.2 Å². The highest BCUT2D eigenvalue weighted by Gasteiger charge is 2.42. The monoisotopic (exact) mass is 313 g/mol. The van der Waals surface area contributed by atoms with Crippen molar-refractivity contribution in [1.82, 2.24) is 5.32 Å². The second-order valence-electron chi connectivity index (χ2n) is 5.03. The molecule has 0 bridgehead atoms. The first kappa shape index (κ1) is 14.3. The van der Waals surface area contributed by atoms with E-state index < -0.39 is 30.8 Å². The van der Waals surface area contributed by atoms with Crippen molar-refractivity contribution < 1.29 is 18.4 Å². The largest absolute Gasteiger partial charge is 0.325 e. The SMILES string of the molecule is O=C1CSc2ccc(NC(=O)C3CC(F)(F)CN3)cc2N1. The lowest BCUT2D eigenvalue weighted by Crippen LogP contribution is -2.35. The number of alkyl halides is 2. The maximum Gasteiger partial charge on any atom is 0.262 e. The number of amides is 2. The van der Waals surface area contributed by atoms with E-state index >= 15 is 0 Å². The normalized spacial score (nSPS) is 23.3. The van der Waals surface area contributed by atoms with Gasteiger partial charge in [0, 0.05) is 17.0 Å². The van der Waals surface area contributed by atoms with Crippen LogP contribution in [0.4, 0.5) is 20.2 Å². The lowest BCUT2D eigenvalue weighted by atomic mass is 10.1. The minimum Gasteiger partial charge on any atom is -0.325 e. The maximum atomic E-state index is 13.1. The van der Waals surface area contributed by atoms with E-state index in [2.05, 4.69) is 16.0 Å². The third kappa shape index (κ3) is 3.16. The molecule has 1 atom stereocenters. The zero-order valence-corrected chi connectivity index (χ0v) is 11.7. The first-order valence-electron chi connectivity index (χ1n) is 6.42. The van der Waals surface area contributed by atoms with Crippen LogP contribution in [0.15, 0.2) is 23.1 Å². The molecule has 0 aromatic heterocycles. The Labute approximate surface area is 123 Å². The number of hydrogen-bond acceptors (Lipinski definition) is 4. The van der Waals surface area contributed by atoms with Gasteiger partial charge >= 0.3 is 0 Å². The number of benzene rings is 1. The Hall–Kier alpha value is -1.67. The first-order chi connectivity index (χ1) is 9.93. The van der Waals surface area contributed by atoms with Gasteiger partial charge in [0.15, 0.2) is 0 Å². The highest BCUT2D eigenvalue weighted by atomic mass is 32.2. The third-order valence-electron chi connectivity index (χ3n) is 3.31. The van der Waals surface area contributed by atoms with Crippen LogP contribution in [0.25, 0.3) is 0 Å². The number of anilines is 2. The summed E-state index contributed by atoms with van der Waals surface area (Å²) in [5.74, 6) is -3.09. The summed E-state index contributed by atoms with van der Waals surface area (Å²) >= 11 is 1.41. The van der Waals surface area contributed by atoms with Crippen molar-refractivity contribution in [3.8, 4) is 0 Å². The summed E-state index contributed by atoms with van der Waals surface area (Å²) in [7, 11) is 0. The first-order valence-corrected chi connectivity index (χ1v) is 7.40. The van der Waals surface area contributed by atoms with Crippen LogP contribution in [0.2, 0.25) is 0 Å². The predicted octanol–water partition coefficient (Wildman–Crippen LogP) is 1.67. The number of thioether (sulfide) groups is 1. The van der Waals surface area contributed by atoms with Crippen molar-refractivity contribution in [3.05, 3.63) is 18.2 Å². The van der Waals surface area contributed by atoms with Gasteiger partial charge in [-0.2, -0.15) is 0 Å². The van der Waals surface area contributed by atoms with Gasteiger partial charge < -0.3 is 10.6 Å². The van der Waals surface area contributed by atoms with Crippen LogP contribution >= 0.6 is 11.8 Å². The molecule has 112 valence electrons. The molecule has 2 heterocycles. The van der Waals surface area contributed by atoms with Crippen LogP contribution in [0.3, 0.4) is 0 Å². The van der Waals surface area contributed by atoms with Crippen molar-refractivity contribution in [2.45, 2.75) is 23.3 Å². The molecule has 3 N–H and O–H groups in total. The fourth-order valence-electron chi connectivity index (χ4n) is 2.29. The summed E-state index contributed by atoms with van der Waals surface area (Å²) in [6.45, 7) is -0.484. The van der Waals surface area contributed by atoms with Crippen molar-refractivity contribution >= 4 is 35.0 Å². The lowest BCUT2D eigenvalue weighted by Gasteiger charge is -2.18. The summed E-state index contributed by atoms with van der Waals surface area (Å²) < 4.78 is 26.1. The third-order valence-corrected chi connectivity index (χ3v) is 4.38. The van der Waals surface area contributed by atoms with Gasteiger partial charge in [0.2, 0.25) is 11.8 Å². The van der Waals surface area contributed by atoms with Crippen LogP contribution in [-0.2, 0) is 9.59 Å². The second-order valence-corrected chi connectivity index (χ2v) is 6.05. The van der Waals surface area contributed by atoms with Crippen LogP contribution < -0.4 is 16.0 Å². The Balaban J connectivity index is 1.69. The highest BCUT2D eigenvalue weighted by Crippen LogP contribution is 2.33. The Bertz CT molecular complexity index is 609. The highest BCUT2D eigenvalue weighted by molar-refractivity contribution is 8.00. The molecule has 1 aromatic rings. The van der Waals surface area contributed by atoms with Gasteiger partial charge in [-0.3, -0.25) is 14.9 Å². The fourth-order valence-corrected chi connectivity index (χ4v) is 3.08. The number of fused-ring (bicyclic) bond motifs is 1. The fraction of sp³-hybridized carbons (Fsp3) is 0.385. The van der Waals surface area contributed by atoms with Gasteiger partial charge in [-0.05, 0) is 18.2 Å². The lowest BCUT2D eigenvalue weighted by molar-refractivity contribution is -0.118. The standard InChI is InChI=1S/C13H13F2N3O2S/c14-13(15)4-9(16-6-13)12(20)17-7-1-2-10-8(3-7)18-11(19)5-21-10/h1-3,9,16H,4-6H2,(H,17,20)(H,18,19). The molecule has 2 aliphatic heterocycles. The molecule has 0 saturated carbocycles. The summed E-state index contributed by atoms with van der Waals surface area (Å²) in [4.78, 5) is 24.2. The van der Waals surface area contributed by atoms with Crippen LogP contribution in [-0.4, -0.2) is 36.1 Å². The van der Waals surface area contributed by atoms with Crippen LogP contribution in [0.5, 0.6) is 0 Å². The molecule has 0 aliphatic carbocycles. The molecule has 1 aromatic carbocycles. The zero-order valence-electron chi connectivity index (χ0n) is 10.9. The Morgan fingerprint density at radius 1 is 1.43 bits per heavy atom. The molecule has 2 amide bonds. The van der Waals surface area contributed by atoms with Gasteiger partial charge in [-0.25, -0.2) is 8.78 Å². The number of halogens is 2. The molecule has 8 heteroatoms. The maximum absolute atomic E-state index is 13.1. The van der Waals surface area contributed by atoms with E-state index in [1.54, 1.807) is 18.2 Å². The predicted molar refractivity (Wildman–Crippen MR) is 75.8 cm³/mol. The Kier molecular flexibility index (Phi) is 3.58. The van der Waals surface area contributed by atoms with Crippen molar-refractivity contribution in [2.75, 3.05) is 22.9 Å². The van der Waals surface area contributed by atoms with Gasteiger partial charge in [-0.15, -0.1) is 11.8 Å². The van der Waals surface area contributed by atoms with Gasteiger partial charge in [0.25, 0.3) is 5.92 Å². The average Bonchev–Trinajstić information content (AvgIpc) is 2.79. The Morgan fingerprint density at radius 3 is 2.95 bits per heavy atom. The van der Waals surface area contributed by atoms with Gasteiger partial charge in [0.05, 0.1) is 24.0 Å². The van der Waals surface area contributed by atoms with Gasteiger partial charge in [-0.1, -0.05) is 0 Å². The number of hydrogen-bond donors (Lipinski definition) is 3. The molecule has 1 unspecified atom stereocenters. The van der Waals surface area contributed by atoms with Crippen LogP contribution in [0.1, 0.15) is 6.42 Å². The molecule has 0 spiro atoms. The average molecular weight is 313 g/mol. The minimum absolute atomic E-state index is 0.104. The van der Waals surface area contributed by atoms with E-state index in [1.165, 1.54) is 11.8 Å². The molecule has 1 fully saturated rings. The number of carbonyl (C=O) groups is 2. The summed E-state index contributed by atoms with van der Waals surface area (Å²) in [6, 6.07) is 4.20. The number of carbonyl (C=O) groups excluding carboxylic acids is 2. The zero-order chi connectivity index (χ0) is 15.0. The quantitative estimate of drug-likeness (QED) is 0.777. The van der Waals surface area contributed by atoms with Crippen LogP contribution in [0, 0.1) is 0 Å². The summed E-state index contributed by atoms with van der Waals surface area (Å²) in [5.41, 5.74) is 1.09.